The summed E-state index contributed by atoms with van der Waals surface area (Å²) in [5.41, 5.74) is 3.15. The maximum absolute atomic E-state index is 5.39. The zero-order valence-electron chi connectivity index (χ0n) is 7.91. The Hall–Kier alpha value is -1.33. The first-order chi connectivity index (χ1) is 6.77. The summed E-state index contributed by atoms with van der Waals surface area (Å²) in [6.07, 6.45) is 0. The van der Waals surface area contributed by atoms with Gasteiger partial charge in [-0.2, -0.15) is 0 Å². The highest BCUT2D eigenvalue weighted by atomic mass is 32.1. The summed E-state index contributed by atoms with van der Waals surface area (Å²) in [7, 11) is 0. The summed E-state index contributed by atoms with van der Waals surface area (Å²) < 4.78 is 5.39. The largest absolute Gasteiger partial charge is 0.492 e. The predicted octanol–water partition coefficient (Wildman–Crippen LogP) is 1.25. The number of rotatable bonds is 3. The van der Waals surface area contributed by atoms with Gasteiger partial charge in [0.15, 0.2) is 5.11 Å². The van der Waals surface area contributed by atoms with E-state index < -0.39 is 0 Å². The molecule has 0 bridgehead atoms. The molecule has 14 heavy (non-hydrogen) atoms. The van der Waals surface area contributed by atoms with Crippen molar-refractivity contribution >= 4 is 23.0 Å². The molecule has 0 saturated carbocycles. The highest BCUT2D eigenvalue weighted by Crippen LogP contribution is 2.23. The number of ether oxygens (including phenoxy) is 1. The molecule has 0 atom stereocenters. The van der Waals surface area contributed by atoms with E-state index in [-0.39, 0.29) is 0 Å². The van der Waals surface area contributed by atoms with E-state index in [0.717, 1.165) is 11.4 Å². The molecular formula is C9H13N3OS. The second kappa shape index (κ2) is 5.41. The number of para-hydroxylation sites is 2. The van der Waals surface area contributed by atoms with Gasteiger partial charge in [0.2, 0.25) is 0 Å². The summed E-state index contributed by atoms with van der Waals surface area (Å²) in [4.78, 5) is 0. The third-order valence-electron chi connectivity index (χ3n) is 1.57. The van der Waals surface area contributed by atoms with Gasteiger partial charge in [0, 0.05) is 0 Å². The topological polar surface area (TPSA) is 59.3 Å². The van der Waals surface area contributed by atoms with Crippen molar-refractivity contribution in [1.29, 1.82) is 0 Å². The molecule has 0 unspecified atom stereocenters. The normalized spacial score (nSPS) is 9.29. The Morgan fingerprint density at radius 1 is 1.50 bits per heavy atom. The standard InChI is InChI=1S/C9H13N3OS/c1-2-13-8-6-4-3-5-7(8)11-9(14)12-10/h3-6H,2,10H2,1H3,(H2,11,12,14). The predicted molar refractivity (Wildman–Crippen MR) is 61.2 cm³/mol. The molecule has 1 aromatic rings. The summed E-state index contributed by atoms with van der Waals surface area (Å²) in [5, 5.41) is 3.27. The van der Waals surface area contributed by atoms with Crippen molar-refractivity contribution in [3.8, 4) is 5.75 Å². The maximum Gasteiger partial charge on any atom is 0.185 e. The van der Waals surface area contributed by atoms with Gasteiger partial charge in [-0.3, -0.25) is 0 Å². The molecule has 4 N–H and O–H groups in total. The van der Waals surface area contributed by atoms with E-state index in [4.69, 9.17) is 22.8 Å². The minimum atomic E-state index is 0.358. The second-order valence-electron chi connectivity index (χ2n) is 2.53. The molecule has 0 fully saturated rings. The quantitative estimate of drug-likeness (QED) is 0.399. The molecule has 0 saturated heterocycles. The highest BCUT2D eigenvalue weighted by molar-refractivity contribution is 7.80. The number of hydrogen-bond donors (Lipinski definition) is 3. The maximum atomic E-state index is 5.39. The van der Waals surface area contributed by atoms with Crippen LogP contribution in [0.3, 0.4) is 0 Å². The molecule has 0 spiro atoms. The van der Waals surface area contributed by atoms with Crippen LogP contribution in [0.2, 0.25) is 0 Å². The summed E-state index contributed by atoms with van der Waals surface area (Å²) >= 11 is 4.88. The van der Waals surface area contributed by atoms with Gasteiger partial charge in [-0.05, 0) is 31.3 Å². The zero-order chi connectivity index (χ0) is 10.4. The van der Waals surface area contributed by atoms with Crippen LogP contribution >= 0.6 is 12.2 Å². The molecule has 1 aromatic carbocycles. The van der Waals surface area contributed by atoms with Gasteiger partial charge in [-0.15, -0.1) is 0 Å². The number of anilines is 1. The lowest BCUT2D eigenvalue weighted by molar-refractivity contribution is 0.342. The van der Waals surface area contributed by atoms with Crippen LogP contribution in [0.25, 0.3) is 0 Å². The second-order valence-corrected chi connectivity index (χ2v) is 2.94. The van der Waals surface area contributed by atoms with E-state index in [0.29, 0.717) is 11.7 Å². The molecule has 5 heteroatoms. The Bertz CT molecular complexity index is 317. The van der Waals surface area contributed by atoms with Crippen LogP contribution in [-0.4, -0.2) is 11.7 Å². The van der Waals surface area contributed by atoms with Crippen LogP contribution < -0.4 is 21.3 Å². The van der Waals surface area contributed by atoms with Gasteiger partial charge in [-0.1, -0.05) is 12.1 Å². The van der Waals surface area contributed by atoms with E-state index in [1.165, 1.54) is 0 Å². The fraction of sp³-hybridized carbons (Fsp3) is 0.222. The van der Waals surface area contributed by atoms with Crippen molar-refractivity contribution in [1.82, 2.24) is 5.43 Å². The SMILES string of the molecule is CCOc1ccccc1NC(=S)NN. The molecule has 76 valence electrons. The number of nitrogens with two attached hydrogens (primary N) is 1. The summed E-state index contributed by atoms with van der Waals surface area (Å²) in [5.74, 6) is 5.91. The van der Waals surface area contributed by atoms with Crippen LogP contribution in [0, 0.1) is 0 Å². The van der Waals surface area contributed by atoms with Crippen LogP contribution in [0.5, 0.6) is 5.75 Å². The molecule has 0 aliphatic carbocycles. The van der Waals surface area contributed by atoms with Gasteiger partial charge in [0.1, 0.15) is 5.75 Å². The van der Waals surface area contributed by atoms with Gasteiger partial charge in [-0.25, -0.2) is 5.84 Å². The lowest BCUT2D eigenvalue weighted by Crippen LogP contribution is -2.34. The molecule has 0 heterocycles. The Labute approximate surface area is 88.4 Å². The van der Waals surface area contributed by atoms with E-state index in [1.54, 1.807) is 0 Å². The van der Waals surface area contributed by atoms with Crippen LogP contribution in [-0.2, 0) is 0 Å². The fourth-order valence-corrected chi connectivity index (χ4v) is 1.12. The van der Waals surface area contributed by atoms with Gasteiger partial charge in [0.25, 0.3) is 0 Å². The van der Waals surface area contributed by atoms with Crippen LogP contribution in [0.1, 0.15) is 6.92 Å². The van der Waals surface area contributed by atoms with Crippen LogP contribution in [0.15, 0.2) is 24.3 Å². The average Bonchev–Trinajstić information content (AvgIpc) is 2.21. The molecule has 0 aliphatic heterocycles. The van der Waals surface area contributed by atoms with Crippen LogP contribution in [0.4, 0.5) is 5.69 Å². The Balaban J connectivity index is 2.78. The molecular weight excluding hydrogens is 198 g/mol. The van der Waals surface area contributed by atoms with Crippen molar-refractivity contribution in [2.75, 3.05) is 11.9 Å². The van der Waals surface area contributed by atoms with Crippen molar-refractivity contribution in [2.45, 2.75) is 6.92 Å². The van der Waals surface area contributed by atoms with Crippen molar-refractivity contribution in [3.05, 3.63) is 24.3 Å². The Kier molecular flexibility index (Phi) is 4.15. The van der Waals surface area contributed by atoms with E-state index in [1.807, 2.05) is 31.2 Å². The molecule has 0 aromatic heterocycles. The first-order valence-corrected chi connectivity index (χ1v) is 4.68. The lowest BCUT2D eigenvalue weighted by atomic mass is 10.3. The first-order valence-electron chi connectivity index (χ1n) is 4.27. The molecule has 0 radical (unpaired) electrons. The molecule has 1 rings (SSSR count). The molecule has 0 amide bonds. The number of thiocarbonyl (C=S) groups is 1. The van der Waals surface area contributed by atoms with Gasteiger partial charge < -0.3 is 15.5 Å². The smallest absolute Gasteiger partial charge is 0.185 e. The van der Waals surface area contributed by atoms with E-state index in [2.05, 4.69) is 10.7 Å². The van der Waals surface area contributed by atoms with Crippen molar-refractivity contribution < 1.29 is 4.74 Å². The number of hydrogen-bond acceptors (Lipinski definition) is 3. The average molecular weight is 211 g/mol. The Morgan fingerprint density at radius 2 is 2.21 bits per heavy atom. The van der Waals surface area contributed by atoms with Crippen molar-refractivity contribution in [3.63, 3.8) is 0 Å². The minimum Gasteiger partial charge on any atom is -0.492 e. The number of nitrogens with one attached hydrogen (secondary N) is 2. The minimum absolute atomic E-state index is 0.358. The first kappa shape index (κ1) is 10.7. The lowest BCUT2D eigenvalue weighted by Gasteiger charge is -2.11. The number of benzene rings is 1. The van der Waals surface area contributed by atoms with E-state index in [9.17, 15) is 0 Å². The molecule has 4 nitrogen and oxygen atoms in total. The number of hydrazine groups is 1. The highest BCUT2D eigenvalue weighted by Gasteiger charge is 2.02. The fourth-order valence-electron chi connectivity index (χ4n) is 1.01. The monoisotopic (exact) mass is 211 g/mol. The van der Waals surface area contributed by atoms with Gasteiger partial charge in [0.05, 0.1) is 12.3 Å². The summed E-state index contributed by atoms with van der Waals surface area (Å²) in [6.45, 7) is 2.54. The zero-order valence-corrected chi connectivity index (χ0v) is 8.73. The van der Waals surface area contributed by atoms with E-state index >= 15 is 0 Å². The van der Waals surface area contributed by atoms with Crippen molar-refractivity contribution in [2.24, 2.45) is 5.84 Å². The Morgan fingerprint density at radius 3 is 2.86 bits per heavy atom. The third-order valence-corrected chi connectivity index (χ3v) is 1.79. The van der Waals surface area contributed by atoms with Gasteiger partial charge >= 0.3 is 0 Å². The third kappa shape index (κ3) is 2.86. The molecule has 0 aliphatic rings. The summed E-state index contributed by atoms with van der Waals surface area (Å²) in [6, 6.07) is 7.53.